The second kappa shape index (κ2) is 6.16. The van der Waals surface area contributed by atoms with Crippen LogP contribution in [0.25, 0.3) is 0 Å². The summed E-state index contributed by atoms with van der Waals surface area (Å²) in [6.45, 7) is 8.12. The molecule has 0 amide bonds. The molecule has 0 bridgehead atoms. The van der Waals surface area contributed by atoms with E-state index in [0.717, 1.165) is 31.0 Å². The van der Waals surface area contributed by atoms with Crippen molar-refractivity contribution < 1.29 is 4.74 Å². The predicted octanol–water partition coefficient (Wildman–Crippen LogP) is 3.46. The third kappa shape index (κ3) is 2.97. The number of benzene rings is 1. The van der Waals surface area contributed by atoms with Gasteiger partial charge < -0.3 is 10.1 Å². The summed E-state index contributed by atoms with van der Waals surface area (Å²) in [6.07, 6.45) is 0.968. The van der Waals surface area contributed by atoms with Crippen LogP contribution in [0.5, 0.6) is 5.75 Å². The molecule has 3 nitrogen and oxygen atoms in total. The maximum absolute atomic E-state index is 5.85. The van der Waals surface area contributed by atoms with Gasteiger partial charge in [-0.3, -0.25) is 0 Å². The lowest BCUT2D eigenvalue weighted by Crippen LogP contribution is -2.37. The minimum atomic E-state index is 0.378. The van der Waals surface area contributed by atoms with Gasteiger partial charge in [0, 0.05) is 28.8 Å². The third-order valence-corrected chi connectivity index (χ3v) is 5.25. The number of para-hydroxylation sites is 1. The number of nitrogens with zero attached hydrogens (tertiary/aromatic N) is 1. The van der Waals surface area contributed by atoms with E-state index in [-0.39, 0.29) is 0 Å². The Hall–Kier alpha value is -1.39. The standard InChI is InChI=1S/C17H22N2OS/c1-4-18-15(9-17-19-11(2)12(3)21-17)14-10-20-16-8-6-5-7-13(14)16/h5-8,14-15,18H,4,9-10H2,1-3H3. The van der Waals surface area contributed by atoms with Crippen molar-refractivity contribution in [3.8, 4) is 5.75 Å². The molecule has 2 aromatic rings. The second-order valence-electron chi connectivity index (χ2n) is 5.57. The van der Waals surface area contributed by atoms with E-state index in [0.29, 0.717) is 12.0 Å². The molecule has 2 heterocycles. The molecule has 1 aliphatic heterocycles. The van der Waals surface area contributed by atoms with Crippen LogP contribution < -0.4 is 10.1 Å². The van der Waals surface area contributed by atoms with Gasteiger partial charge in [0.1, 0.15) is 5.75 Å². The molecule has 0 saturated heterocycles. The number of thiazole rings is 1. The normalized spacial score (nSPS) is 18.3. The van der Waals surface area contributed by atoms with E-state index >= 15 is 0 Å². The maximum Gasteiger partial charge on any atom is 0.122 e. The van der Waals surface area contributed by atoms with Gasteiger partial charge >= 0.3 is 0 Å². The number of aromatic nitrogens is 1. The molecule has 0 radical (unpaired) electrons. The van der Waals surface area contributed by atoms with Gasteiger partial charge in [-0.1, -0.05) is 25.1 Å². The first-order valence-electron chi connectivity index (χ1n) is 7.57. The highest BCUT2D eigenvalue weighted by molar-refractivity contribution is 7.11. The fourth-order valence-corrected chi connectivity index (χ4v) is 3.95. The SMILES string of the molecule is CCNC(Cc1nc(C)c(C)s1)C1COc2ccccc21. The summed E-state index contributed by atoms with van der Waals surface area (Å²) in [5.74, 6) is 1.45. The zero-order valence-corrected chi connectivity index (χ0v) is 13.7. The Kier molecular flexibility index (Phi) is 4.27. The topological polar surface area (TPSA) is 34.2 Å². The molecule has 21 heavy (non-hydrogen) atoms. The molecule has 0 spiro atoms. The lowest BCUT2D eigenvalue weighted by atomic mass is 9.91. The van der Waals surface area contributed by atoms with Gasteiger partial charge in [0.2, 0.25) is 0 Å². The van der Waals surface area contributed by atoms with E-state index in [1.807, 2.05) is 17.4 Å². The zero-order chi connectivity index (χ0) is 14.8. The molecule has 0 aliphatic carbocycles. The molecule has 1 aromatic heterocycles. The van der Waals surface area contributed by atoms with Gasteiger partial charge in [0.25, 0.3) is 0 Å². The number of nitrogens with one attached hydrogen (secondary N) is 1. The van der Waals surface area contributed by atoms with E-state index in [1.165, 1.54) is 15.4 Å². The minimum absolute atomic E-state index is 0.378. The third-order valence-electron chi connectivity index (χ3n) is 4.16. The van der Waals surface area contributed by atoms with Crippen LogP contribution in [0.4, 0.5) is 0 Å². The number of rotatable bonds is 5. The molecule has 0 saturated carbocycles. The Balaban J connectivity index is 1.82. The molecular weight excluding hydrogens is 280 g/mol. The van der Waals surface area contributed by atoms with Crippen LogP contribution in [0.2, 0.25) is 0 Å². The molecule has 112 valence electrons. The predicted molar refractivity (Wildman–Crippen MR) is 87.4 cm³/mol. The number of ether oxygens (including phenoxy) is 1. The van der Waals surface area contributed by atoms with Crippen molar-refractivity contribution in [2.45, 2.75) is 39.2 Å². The summed E-state index contributed by atoms with van der Waals surface area (Å²) < 4.78 is 5.85. The molecule has 2 atom stereocenters. The minimum Gasteiger partial charge on any atom is -0.493 e. The number of likely N-dealkylation sites (N-methyl/N-ethyl adjacent to an activating group) is 1. The molecule has 4 heteroatoms. The highest BCUT2D eigenvalue weighted by Crippen LogP contribution is 2.36. The van der Waals surface area contributed by atoms with Crippen LogP contribution in [0.3, 0.4) is 0 Å². The maximum atomic E-state index is 5.85. The summed E-state index contributed by atoms with van der Waals surface area (Å²) in [7, 11) is 0. The summed E-state index contributed by atoms with van der Waals surface area (Å²) in [5, 5.41) is 4.85. The summed E-state index contributed by atoms with van der Waals surface area (Å²) >= 11 is 1.82. The van der Waals surface area contributed by atoms with E-state index < -0.39 is 0 Å². The van der Waals surface area contributed by atoms with Crippen molar-refractivity contribution in [3.05, 3.63) is 45.4 Å². The quantitative estimate of drug-likeness (QED) is 0.918. The first-order valence-corrected chi connectivity index (χ1v) is 8.38. The smallest absolute Gasteiger partial charge is 0.122 e. The number of aryl methyl sites for hydroxylation is 2. The average molecular weight is 302 g/mol. The van der Waals surface area contributed by atoms with Crippen molar-refractivity contribution >= 4 is 11.3 Å². The Labute approximate surface area is 130 Å². The van der Waals surface area contributed by atoms with Crippen molar-refractivity contribution in [2.24, 2.45) is 0 Å². The van der Waals surface area contributed by atoms with E-state index in [2.05, 4.69) is 44.3 Å². The van der Waals surface area contributed by atoms with Crippen molar-refractivity contribution in [1.82, 2.24) is 10.3 Å². The number of fused-ring (bicyclic) bond motifs is 1. The largest absolute Gasteiger partial charge is 0.493 e. The molecule has 1 aromatic carbocycles. The molecule has 0 fully saturated rings. The fraction of sp³-hybridized carbons (Fsp3) is 0.471. The van der Waals surface area contributed by atoms with Crippen LogP contribution in [0, 0.1) is 13.8 Å². The van der Waals surface area contributed by atoms with Crippen LogP contribution in [-0.4, -0.2) is 24.2 Å². The van der Waals surface area contributed by atoms with Crippen molar-refractivity contribution in [3.63, 3.8) is 0 Å². The fourth-order valence-electron chi connectivity index (χ4n) is 2.95. The Bertz CT molecular complexity index is 604. The molecule has 1 N–H and O–H groups in total. The molecular formula is C17H22N2OS. The highest BCUT2D eigenvalue weighted by atomic mass is 32.1. The van der Waals surface area contributed by atoms with Gasteiger partial charge in [-0.2, -0.15) is 0 Å². The molecule has 3 rings (SSSR count). The monoisotopic (exact) mass is 302 g/mol. The number of hydrogen-bond donors (Lipinski definition) is 1. The Morgan fingerprint density at radius 1 is 1.38 bits per heavy atom. The summed E-state index contributed by atoms with van der Waals surface area (Å²) in [5.41, 5.74) is 2.49. The van der Waals surface area contributed by atoms with Gasteiger partial charge in [-0.15, -0.1) is 11.3 Å². The molecule has 1 aliphatic rings. The lowest BCUT2D eigenvalue weighted by Gasteiger charge is -2.22. The van der Waals surface area contributed by atoms with Crippen LogP contribution >= 0.6 is 11.3 Å². The van der Waals surface area contributed by atoms with Gasteiger partial charge in [0.05, 0.1) is 17.3 Å². The second-order valence-corrected chi connectivity index (χ2v) is 6.86. The number of hydrogen-bond acceptors (Lipinski definition) is 4. The van der Waals surface area contributed by atoms with Crippen LogP contribution in [0.15, 0.2) is 24.3 Å². The van der Waals surface area contributed by atoms with Crippen molar-refractivity contribution in [2.75, 3.05) is 13.2 Å². The Morgan fingerprint density at radius 3 is 2.90 bits per heavy atom. The van der Waals surface area contributed by atoms with Crippen molar-refractivity contribution in [1.29, 1.82) is 0 Å². The zero-order valence-electron chi connectivity index (χ0n) is 12.8. The van der Waals surface area contributed by atoms with E-state index in [9.17, 15) is 0 Å². The van der Waals surface area contributed by atoms with Gasteiger partial charge in [-0.05, 0) is 26.5 Å². The van der Waals surface area contributed by atoms with Crippen LogP contribution in [-0.2, 0) is 6.42 Å². The molecule has 2 unspecified atom stereocenters. The van der Waals surface area contributed by atoms with E-state index in [1.54, 1.807) is 0 Å². The van der Waals surface area contributed by atoms with Gasteiger partial charge in [-0.25, -0.2) is 4.98 Å². The highest BCUT2D eigenvalue weighted by Gasteiger charge is 2.31. The summed E-state index contributed by atoms with van der Waals surface area (Å²) in [6, 6.07) is 8.77. The first-order chi connectivity index (χ1) is 10.2. The first kappa shape index (κ1) is 14.5. The average Bonchev–Trinajstić information content (AvgIpc) is 3.03. The Morgan fingerprint density at radius 2 is 2.19 bits per heavy atom. The van der Waals surface area contributed by atoms with Gasteiger partial charge in [0.15, 0.2) is 0 Å². The van der Waals surface area contributed by atoms with E-state index in [4.69, 9.17) is 9.72 Å². The summed E-state index contributed by atoms with van der Waals surface area (Å²) in [4.78, 5) is 6.02. The lowest BCUT2D eigenvalue weighted by molar-refractivity contribution is 0.298. The van der Waals surface area contributed by atoms with Crippen LogP contribution in [0.1, 0.15) is 34.0 Å².